The van der Waals surface area contributed by atoms with Gasteiger partial charge in [0, 0.05) is 13.0 Å². The number of amides is 1. The Kier molecular flexibility index (Phi) is 10.0. The molecule has 0 rings (SSSR count). The van der Waals surface area contributed by atoms with Crippen LogP contribution in [0.1, 0.15) is 39.0 Å². The van der Waals surface area contributed by atoms with E-state index in [0.717, 1.165) is 12.8 Å². The predicted molar refractivity (Wildman–Crippen MR) is 74.6 cm³/mol. The molecule has 0 fully saturated rings. The smallest absolute Gasteiger partial charge is 0.320 e. The van der Waals surface area contributed by atoms with E-state index >= 15 is 0 Å². The standard InChI is InChI=1S/C12H24N4O4/c1-9(16-20)14-7-3-2-5-10(12(18)19)15-8-4-6-11(13)17/h10,15,20H,2-8H2,1H3,(H2,13,17)(H,14,16)(H,18,19)/t10-/m0/s1. The maximum absolute atomic E-state index is 11.0. The lowest BCUT2D eigenvalue weighted by molar-refractivity contribution is -0.139. The Balaban J connectivity index is 3.75. The number of oxime groups is 1. The predicted octanol–water partition coefficient (Wildman–Crippen LogP) is -0.138. The van der Waals surface area contributed by atoms with E-state index in [-0.39, 0.29) is 12.3 Å². The number of nitrogens with two attached hydrogens (primary N) is 1. The third-order valence-electron chi connectivity index (χ3n) is 2.74. The number of hydrogen-bond acceptors (Lipinski definition) is 5. The van der Waals surface area contributed by atoms with Gasteiger partial charge < -0.3 is 26.7 Å². The second kappa shape index (κ2) is 11.0. The van der Waals surface area contributed by atoms with Gasteiger partial charge >= 0.3 is 5.97 Å². The molecular formula is C12H24N4O4. The molecule has 0 unspecified atom stereocenters. The highest BCUT2D eigenvalue weighted by Crippen LogP contribution is 2.01. The molecule has 0 saturated heterocycles. The van der Waals surface area contributed by atoms with Crippen LogP contribution in [0.3, 0.4) is 0 Å². The summed E-state index contributed by atoms with van der Waals surface area (Å²) in [5.74, 6) is -0.847. The van der Waals surface area contributed by atoms with Gasteiger partial charge in [-0.3, -0.25) is 9.59 Å². The zero-order valence-corrected chi connectivity index (χ0v) is 11.8. The number of carboxylic acid groups (broad SMARTS) is 1. The van der Waals surface area contributed by atoms with E-state index in [1.807, 2.05) is 0 Å². The van der Waals surface area contributed by atoms with Crippen LogP contribution in [0.15, 0.2) is 5.16 Å². The number of hydrogen-bond donors (Lipinski definition) is 5. The number of unbranched alkanes of at least 4 members (excludes halogenated alkanes) is 1. The maximum Gasteiger partial charge on any atom is 0.320 e. The average molecular weight is 288 g/mol. The number of carbonyl (C=O) groups is 2. The summed E-state index contributed by atoms with van der Waals surface area (Å²) >= 11 is 0. The first-order valence-corrected chi connectivity index (χ1v) is 6.64. The monoisotopic (exact) mass is 288 g/mol. The van der Waals surface area contributed by atoms with Crippen LogP contribution in [0.25, 0.3) is 0 Å². The van der Waals surface area contributed by atoms with E-state index in [9.17, 15) is 9.59 Å². The Morgan fingerprint density at radius 2 is 1.95 bits per heavy atom. The van der Waals surface area contributed by atoms with Crippen LogP contribution in [-0.4, -0.2) is 47.2 Å². The van der Waals surface area contributed by atoms with E-state index in [2.05, 4.69) is 15.8 Å². The molecule has 0 aliphatic heterocycles. The fourth-order valence-corrected chi connectivity index (χ4v) is 1.63. The van der Waals surface area contributed by atoms with Crippen molar-refractivity contribution < 1.29 is 19.9 Å². The lowest BCUT2D eigenvalue weighted by Crippen LogP contribution is -2.37. The van der Waals surface area contributed by atoms with Gasteiger partial charge in [0.25, 0.3) is 0 Å². The number of carboxylic acids is 1. The Hall–Kier alpha value is -1.83. The summed E-state index contributed by atoms with van der Waals surface area (Å²) < 4.78 is 0. The molecule has 0 saturated carbocycles. The van der Waals surface area contributed by atoms with E-state index in [1.54, 1.807) is 6.92 Å². The van der Waals surface area contributed by atoms with Crippen molar-refractivity contribution >= 4 is 17.7 Å². The lowest BCUT2D eigenvalue weighted by atomic mass is 10.1. The second-order valence-corrected chi connectivity index (χ2v) is 4.52. The van der Waals surface area contributed by atoms with Gasteiger partial charge in [-0.2, -0.15) is 0 Å². The van der Waals surface area contributed by atoms with E-state index in [4.69, 9.17) is 16.0 Å². The van der Waals surface area contributed by atoms with Gasteiger partial charge in [0.05, 0.1) is 0 Å². The minimum atomic E-state index is -0.898. The molecule has 8 heteroatoms. The third-order valence-corrected chi connectivity index (χ3v) is 2.74. The number of aliphatic carboxylic acids is 1. The second-order valence-electron chi connectivity index (χ2n) is 4.52. The minimum absolute atomic E-state index is 0.253. The SMILES string of the molecule is CC(=NO)NCCCC[C@H](NCCCC(N)=O)C(=O)O. The molecule has 6 N–H and O–H groups in total. The number of amidine groups is 1. The van der Waals surface area contributed by atoms with Gasteiger partial charge in [0.1, 0.15) is 11.9 Å². The lowest BCUT2D eigenvalue weighted by Gasteiger charge is -2.14. The first-order valence-electron chi connectivity index (χ1n) is 6.64. The van der Waals surface area contributed by atoms with Crippen molar-refractivity contribution in [1.29, 1.82) is 0 Å². The van der Waals surface area contributed by atoms with Gasteiger partial charge in [-0.25, -0.2) is 0 Å². The molecule has 1 atom stereocenters. The van der Waals surface area contributed by atoms with Crippen molar-refractivity contribution in [2.45, 2.75) is 45.1 Å². The summed E-state index contributed by atoms with van der Waals surface area (Å²) in [6.07, 6.45) is 2.80. The highest BCUT2D eigenvalue weighted by molar-refractivity contribution is 5.78. The van der Waals surface area contributed by atoms with Crippen LogP contribution in [0.2, 0.25) is 0 Å². The van der Waals surface area contributed by atoms with E-state index < -0.39 is 12.0 Å². The van der Waals surface area contributed by atoms with Crippen LogP contribution < -0.4 is 16.4 Å². The Morgan fingerprint density at radius 1 is 1.25 bits per heavy atom. The van der Waals surface area contributed by atoms with Gasteiger partial charge in [0.2, 0.25) is 5.91 Å². The van der Waals surface area contributed by atoms with Gasteiger partial charge in [0.15, 0.2) is 0 Å². The van der Waals surface area contributed by atoms with Gasteiger partial charge in [-0.05, 0) is 39.2 Å². The van der Waals surface area contributed by atoms with Crippen LogP contribution in [0, 0.1) is 0 Å². The molecule has 0 aliphatic rings. The summed E-state index contributed by atoms with van der Waals surface area (Å²) in [6, 6.07) is -0.615. The number of nitrogens with one attached hydrogen (secondary N) is 2. The van der Waals surface area contributed by atoms with Crippen LogP contribution in [0.4, 0.5) is 0 Å². The fourth-order valence-electron chi connectivity index (χ4n) is 1.63. The quantitative estimate of drug-likeness (QED) is 0.118. The van der Waals surface area contributed by atoms with Crippen LogP contribution in [0.5, 0.6) is 0 Å². The summed E-state index contributed by atoms with van der Waals surface area (Å²) in [5, 5.41) is 26.2. The Bertz CT molecular complexity index is 333. The normalized spacial score (nSPS) is 12.9. The number of carbonyl (C=O) groups excluding carboxylic acids is 1. The molecule has 0 heterocycles. The van der Waals surface area contributed by atoms with Gasteiger partial charge in [-0.1, -0.05) is 5.16 Å². The van der Waals surface area contributed by atoms with Crippen molar-refractivity contribution in [3.05, 3.63) is 0 Å². The summed E-state index contributed by atoms with van der Waals surface area (Å²) in [4.78, 5) is 21.6. The Labute approximate surface area is 118 Å². The first-order chi connectivity index (χ1) is 9.47. The molecule has 0 radical (unpaired) electrons. The summed E-state index contributed by atoms with van der Waals surface area (Å²) in [7, 11) is 0. The molecule has 0 bridgehead atoms. The molecule has 116 valence electrons. The highest BCUT2D eigenvalue weighted by atomic mass is 16.4. The van der Waals surface area contributed by atoms with E-state index in [1.165, 1.54) is 0 Å². The molecule has 20 heavy (non-hydrogen) atoms. The van der Waals surface area contributed by atoms with Crippen LogP contribution >= 0.6 is 0 Å². The largest absolute Gasteiger partial charge is 0.480 e. The molecule has 0 aromatic carbocycles. The molecule has 8 nitrogen and oxygen atoms in total. The van der Waals surface area contributed by atoms with Crippen molar-refractivity contribution in [1.82, 2.24) is 10.6 Å². The van der Waals surface area contributed by atoms with Crippen LogP contribution in [-0.2, 0) is 9.59 Å². The Morgan fingerprint density at radius 3 is 2.50 bits per heavy atom. The first kappa shape index (κ1) is 18.2. The molecule has 0 aromatic heterocycles. The van der Waals surface area contributed by atoms with E-state index in [0.29, 0.717) is 31.8 Å². The fraction of sp³-hybridized carbons (Fsp3) is 0.750. The molecular weight excluding hydrogens is 264 g/mol. The van der Waals surface area contributed by atoms with Crippen molar-refractivity contribution in [2.24, 2.45) is 10.9 Å². The molecule has 0 aromatic rings. The maximum atomic E-state index is 11.0. The molecule has 0 spiro atoms. The minimum Gasteiger partial charge on any atom is -0.480 e. The number of rotatable bonds is 11. The van der Waals surface area contributed by atoms with Crippen molar-refractivity contribution in [3.8, 4) is 0 Å². The zero-order valence-electron chi connectivity index (χ0n) is 11.8. The van der Waals surface area contributed by atoms with Gasteiger partial charge in [-0.15, -0.1) is 0 Å². The third kappa shape index (κ3) is 10.1. The average Bonchev–Trinajstić information content (AvgIpc) is 2.39. The molecule has 0 aliphatic carbocycles. The summed E-state index contributed by atoms with van der Waals surface area (Å²) in [5.41, 5.74) is 5.00. The zero-order chi connectivity index (χ0) is 15.4. The number of nitrogens with zero attached hydrogens (tertiary/aromatic N) is 1. The number of primary amides is 1. The summed E-state index contributed by atoms with van der Waals surface area (Å²) in [6.45, 7) is 2.72. The topological polar surface area (TPSA) is 137 Å². The van der Waals surface area contributed by atoms with Crippen molar-refractivity contribution in [2.75, 3.05) is 13.1 Å². The highest BCUT2D eigenvalue weighted by Gasteiger charge is 2.15. The van der Waals surface area contributed by atoms with Crippen molar-refractivity contribution in [3.63, 3.8) is 0 Å². The molecule has 1 amide bonds.